The van der Waals surface area contributed by atoms with Gasteiger partial charge in [-0.05, 0) is 171 Å². The molecular formula is C93H100BBrN22O11. The number of hydrogen-bond acceptors (Lipinski definition) is 32. The molecule has 0 spiro atoms. The number of anilines is 3. The van der Waals surface area contributed by atoms with Gasteiger partial charge in [0.15, 0.2) is 30.5 Å². The fraction of sp³-hybridized carbons (Fsp3) is 0.301. The van der Waals surface area contributed by atoms with Gasteiger partial charge in [-0.15, -0.1) is 0 Å². The molecular weight excluding hydrogens is 1690 g/mol. The average Bonchev–Trinajstić information content (AvgIpc) is 0.874. The maximum absolute atomic E-state index is 10.5. The number of carbonyl (C=O) groups is 1. The number of piperazine rings is 2. The molecule has 4 atom stereocenters. The first-order valence-electron chi connectivity index (χ1n) is 41.3. The van der Waals surface area contributed by atoms with E-state index in [4.69, 9.17) is 62.9 Å². The van der Waals surface area contributed by atoms with Gasteiger partial charge < -0.3 is 68.4 Å². The molecule has 13 aromatic heterocycles. The molecule has 9 aliphatic rings. The Hall–Kier alpha value is -13.2. The van der Waals surface area contributed by atoms with Crippen LogP contribution in [0.5, 0.6) is 23.5 Å². The van der Waals surface area contributed by atoms with E-state index in [-0.39, 0.29) is 20.0 Å². The van der Waals surface area contributed by atoms with E-state index >= 15 is 0 Å². The van der Waals surface area contributed by atoms with Crippen molar-refractivity contribution in [2.45, 2.75) is 97.7 Å². The lowest BCUT2D eigenvalue weighted by molar-refractivity contribution is -0.0445. The van der Waals surface area contributed by atoms with Crippen LogP contribution in [0.2, 0.25) is 0 Å². The Bertz CT molecular complexity index is 5790. The standard InChI is InChI=1S/C32H33N9O.C20H23N7.C14H14N2O3.C12H10N2O2.C8H8BrNO2.C6H8BNO3.CH4/c1-20-10-25(12-26-11-21(2)38-39-26)37-32(36-20)24-5-8-30(34-16-24)40-18-27-13-28(19-40)41(27)17-22-4-7-29(33-14-22)23-6-9-31(42-3)35-15-23;1-12-5-17(21-8-12)25-18-6-13(2)23-20(26-18)14-3-4-19(22-9-14)27-10-15-7-16(11-27)24-15;1-17-13-5-3-10(8-16-13)12-4-2-11(9-15-12)14-18-6-7-19-14;1-16-12-5-3-10(7-14-12)11-4-2-9(8-15)6-13-11;9-7-2-1-6(5-10-7)8-11-3-4-12-8;1-11-6-3-2-5(4-8-6)7(9)10;/h4-11,14-16,27-28H,12-13,17-19H2,1-3H3,(H,38,39);3-6,9,15-16,24H,7-8,10-11H2,1-2H3,(H,21,23,25,26);2-5,8-9,14H,6-7H2,1H3;2-8H,1H3;1-2,5,8H,3-4H2;2-4,9-10H,1H3;1H4. The zero-order valence-electron chi connectivity index (χ0n) is 71.4. The van der Waals surface area contributed by atoms with Gasteiger partial charge in [0.2, 0.25) is 23.5 Å². The lowest BCUT2D eigenvalue weighted by Gasteiger charge is -2.56. The Morgan fingerprint density at radius 2 is 1.01 bits per heavy atom. The maximum atomic E-state index is 10.5. The molecule has 0 saturated carbocycles. The van der Waals surface area contributed by atoms with Gasteiger partial charge in [-0.3, -0.25) is 34.7 Å². The summed E-state index contributed by atoms with van der Waals surface area (Å²) in [6.07, 6.45) is 22.9. The van der Waals surface area contributed by atoms with Crippen LogP contribution in [-0.4, -0.2) is 226 Å². The van der Waals surface area contributed by atoms with Crippen LogP contribution in [0, 0.1) is 20.8 Å². The molecule has 35 heteroatoms. The first-order chi connectivity index (χ1) is 61.9. The Morgan fingerprint density at radius 1 is 0.508 bits per heavy atom. The molecule has 0 aliphatic carbocycles. The third-order valence-electron chi connectivity index (χ3n) is 21.4. The van der Waals surface area contributed by atoms with Crippen molar-refractivity contribution < 1.29 is 52.7 Å². The van der Waals surface area contributed by atoms with Crippen molar-refractivity contribution in [3.63, 3.8) is 0 Å². The van der Waals surface area contributed by atoms with Crippen molar-refractivity contribution in [3.8, 4) is 80.1 Å². The van der Waals surface area contributed by atoms with Crippen molar-refractivity contribution in [3.05, 3.63) is 268 Å². The van der Waals surface area contributed by atoms with Crippen LogP contribution >= 0.6 is 15.9 Å². The summed E-state index contributed by atoms with van der Waals surface area (Å²) in [5.41, 5.74) is 17.3. The van der Waals surface area contributed by atoms with Gasteiger partial charge in [0.05, 0.1) is 89.9 Å². The number of methoxy groups -OCH3 is 4. The van der Waals surface area contributed by atoms with Gasteiger partial charge in [-0.1, -0.05) is 25.6 Å². The van der Waals surface area contributed by atoms with E-state index in [9.17, 15) is 4.79 Å². The van der Waals surface area contributed by atoms with Gasteiger partial charge in [-0.25, -0.2) is 54.8 Å². The molecule has 33 nitrogen and oxygen atoms in total. The number of nitrogens with zero attached hydrogens (tertiary/aromatic N) is 19. The van der Waals surface area contributed by atoms with Crippen LogP contribution in [0.3, 0.4) is 0 Å². The largest absolute Gasteiger partial charge is 0.490 e. The number of piperidine rings is 2. The predicted octanol–water partition coefficient (Wildman–Crippen LogP) is 12.0. The molecule has 128 heavy (non-hydrogen) atoms. The number of aldehydes is 1. The minimum atomic E-state index is -1.46. The van der Waals surface area contributed by atoms with Crippen molar-refractivity contribution in [2.75, 3.05) is 103 Å². The molecule has 8 fully saturated rings. The molecule has 8 saturated heterocycles. The lowest BCUT2D eigenvalue weighted by atomic mass is 9.82. The number of H-pyrrole nitrogens is 1. The Balaban J connectivity index is 0.000000133. The number of ether oxygens (including phenoxy) is 8. The normalized spacial score (nSPS) is 17.0. The average molecular weight is 1790 g/mol. The summed E-state index contributed by atoms with van der Waals surface area (Å²) < 4.78 is 42.2. The van der Waals surface area contributed by atoms with Crippen molar-refractivity contribution in [1.29, 1.82) is 0 Å². The highest BCUT2D eigenvalue weighted by Gasteiger charge is 2.45. The van der Waals surface area contributed by atoms with E-state index in [1.165, 1.54) is 49.5 Å². The summed E-state index contributed by atoms with van der Waals surface area (Å²) in [5, 5.41) is 31.5. The highest BCUT2D eigenvalue weighted by atomic mass is 79.9. The van der Waals surface area contributed by atoms with Gasteiger partial charge in [0.1, 0.15) is 27.9 Å². The number of aliphatic imine (C=N–C) groups is 1. The lowest BCUT2D eigenvalue weighted by Crippen LogP contribution is -2.68. The zero-order chi connectivity index (χ0) is 88.1. The van der Waals surface area contributed by atoms with Gasteiger partial charge in [0, 0.05) is 217 Å². The molecule has 22 heterocycles. The highest BCUT2D eigenvalue weighted by molar-refractivity contribution is 9.10. The molecule has 13 aromatic rings. The second-order valence-electron chi connectivity index (χ2n) is 30.7. The molecule has 0 aromatic carbocycles. The van der Waals surface area contributed by atoms with Crippen LogP contribution in [0.4, 0.5) is 17.5 Å². The number of aromatic nitrogens is 16. The molecule has 9 aliphatic heterocycles. The second kappa shape index (κ2) is 43.8. The fourth-order valence-corrected chi connectivity index (χ4v) is 15.1. The predicted molar refractivity (Wildman–Crippen MR) is 489 cm³/mol. The second-order valence-corrected chi connectivity index (χ2v) is 31.5. The number of hydrogen-bond donors (Lipinski definition) is 5. The Labute approximate surface area is 750 Å². The summed E-state index contributed by atoms with van der Waals surface area (Å²) in [5.74, 6) is 7.23. The summed E-state index contributed by atoms with van der Waals surface area (Å²) in [7, 11) is 4.81. The SMILES string of the molecule is Brc1ccc(C2OCCO2)cn1.C.CC1=CC(Nc2cc(C)nc(-c3ccc(N4CC5CC(C4)N5)nc3)n2)=NC1.COc1ccc(-c2ccc(C3OCCO3)cn2)cn1.COc1ccc(-c2ccc(C=O)cn2)cn1.COc1ccc(-c2ccc(CN3C4CC3CN(c3ccc(-c5nc(C)cc(Cc6cc(C)[nH]n6)n5)cn3)C4)cn2)cn1.COc1ccc(B(O)O)cn1. The number of aromatic amines is 1. The van der Waals surface area contributed by atoms with Gasteiger partial charge in [-0.2, -0.15) is 5.10 Å². The smallest absolute Gasteiger partial charge is 0.481 e. The Kier molecular flexibility index (Phi) is 31.1. The van der Waals surface area contributed by atoms with E-state index in [0.717, 1.165) is 158 Å². The van der Waals surface area contributed by atoms with Crippen LogP contribution < -0.4 is 44.8 Å². The molecule has 5 N–H and O–H groups in total. The van der Waals surface area contributed by atoms with Crippen molar-refractivity contribution in [1.82, 2.24) is 90.2 Å². The zero-order valence-corrected chi connectivity index (χ0v) is 73.0. The van der Waals surface area contributed by atoms with Crippen molar-refractivity contribution >= 4 is 58.1 Å². The van der Waals surface area contributed by atoms with Gasteiger partial charge in [0.25, 0.3) is 0 Å². The number of carbonyl (C=O) groups excluding carboxylic acids is 1. The number of pyridine rings is 10. The number of nitrogens with one attached hydrogen (secondary N) is 3. The van der Waals surface area contributed by atoms with Crippen LogP contribution in [0.1, 0.15) is 95.3 Å². The first kappa shape index (κ1) is 91.0. The minimum Gasteiger partial charge on any atom is -0.481 e. The summed E-state index contributed by atoms with van der Waals surface area (Å²) in [6, 6.07) is 46.4. The molecule has 658 valence electrons. The number of aryl methyl sites for hydroxylation is 3. The van der Waals surface area contributed by atoms with E-state index in [2.05, 4.69) is 155 Å². The van der Waals surface area contributed by atoms with Crippen LogP contribution in [-0.2, 0) is 31.9 Å². The third kappa shape index (κ3) is 24.3. The minimum absolute atomic E-state index is 0. The molecule has 0 amide bonds. The quantitative estimate of drug-likeness (QED) is 0.0269. The monoisotopic (exact) mass is 1790 g/mol. The van der Waals surface area contributed by atoms with E-state index in [1.54, 1.807) is 76.6 Å². The number of amidine groups is 1. The highest BCUT2D eigenvalue weighted by Crippen LogP contribution is 2.37. The molecule has 0 radical (unpaired) electrons. The molecule has 22 rings (SSSR count). The summed E-state index contributed by atoms with van der Waals surface area (Å²) >= 11 is 3.26. The molecule has 4 unspecified atom stereocenters. The van der Waals surface area contributed by atoms with E-state index < -0.39 is 7.12 Å². The summed E-state index contributed by atoms with van der Waals surface area (Å²) in [6.45, 7) is 16.3. The van der Waals surface area contributed by atoms with Crippen LogP contribution in [0.15, 0.2) is 223 Å². The number of halogens is 1. The Morgan fingerprint density at radius 3 is 1.45 bits per heavy atom. The number of fused-ring (bicyclic) bond motifs is 4. The van der Waals surface area contributed by atoms with E-state index in [0.29, 0.717) is 103 Å². The van der Waals surface area contributed by atoms with E-state index in [1.807, 2.05) is 118 Å². The van der Waals surface area contributed by atoms with Crippen molar-refractivity contribution in [2.24, 2.45) is 4.99 Å². The molecule has 4 bridgehead atoms. The first-order valence-corrected chi connectivity index (χ1v) is 42.1. The topological polar surface area (TPSA) is 387 Å². The maximum Gasteiger partial charge on any atom is 0.490 e. The van der Waals surface area contributed by atoms with Crippen LogP contribution in [0.25, 0.3) is 56.5 Å². The fourth-order valence-electron chi connectivity index (χ4n) is 14.9. The van der Waals surface area contributed by atoms with Gasteiger partial charge >= 0.3 is 7.12 Å². The summed E-state index contributed by atoms with van der Waals surface area (Å²) in [4.78, 5) is 84.2. The third-order valence-corrected chi connectivity index (χ3v) is 21.8. The number of rotatable bonds is 20.